The van der Waals surface area contributed by atoms with E-state index < -0.39 is 26.3 Å². The Hall–Kier alpha value is -0.131. The van der Waals surface area contributed by atoms with Crippen LogP contribution in [0.4, 0.5) is 4.79 Å². The Morgan fingerprint density at radius 1 is 1.25 bits per heavy atom. The monoisotopic (exact) mass is 338 g/mol. The van der Waals surface area contributed by atoms with Crippen molar-refractivity contribution in [2.75, 3.05) is 6.61 Å². The van der Waals surface area contributed by atoms with E-state index in [4.69, 9.17) is 7.81 Å². The quantitative estimate of drug-likeness (QED) is 0.504. The van der Waals surface area contributed by atoms with E-state index in [9.17, 15) is 7.87 Å². The van der Waals surface area contributed by atoms with Crippen LogP contribution in [0.1, 0.15) is 46.5 Å². The van der Waals surface area contributed by atoms with Crippen LogP contribution in [0.15, 0.2) is 0 Å². The van der Waals surface area contributed by atoms with Crippen molar-refractivity contribution in [3.63, 3.8) is 0 Å². The van der Waals surface area contributed by atoms with E-state index in [2.05, 4.69) is 13.8 Å². The van der Waals surface area contributed by atoms with Crippen LogP contribution >= 0.6 is 0 Å². The van der Waals surface area contributed by atoms with Crippen molar-refractivity contribution in [3.05, 3.63) is 0 Å². The zero-order valence-electron chi connectivity index (χ0n) is 10.5. The first-order chi connectivity index (χ1) is 7.63. The molecular formula is C11H22O4Sn. The molecule has 0 amide bonds. The standard InChI is InChI=1S/C7H14O3.C4H9.O.Sn/c1-3-6(4-2)5-10-7(8)9;1-3-4-2;;/h6H,3-5H2,1-2H3,(H,8,9);1,3-4H2,2H3;;/q;;;+1/p-1. The molecule has 0 aromatic rings. The van der Waals surface area contributed by atoms with Crippen LogP contribution in [0.2, 0.25) is 4.44 Å². The van der Waals surface area contributed by atoms with Gasteiger partial charge >= 0.3 is 105 Å². The van der Waals surface area contributed by atoms with Crippen molar-refractivity contribution in [1.82, 2.24) is 0 Å². The summed E-state index contributed by atoms with van der Waals surface area (Å²) in [7, 11) is 0. The summed E-state index contributed by atoms with van der Waals surface area (Å²) in [6, 6.07) is 0. The average molecular weight is 337 g/mol. The zero-order valence-corrected chi connectivity index (χ0v) is 13.3. The predicted molar refractivity (Wildman–Crippen MR) is 62.7 cm³/mol. The summed E-state index contributed by atoms with van der Waals surface area (Å²) in [5.41, 5.74) is 0. The van der Waals surface area contributed by atoms with Gasteiger partial charge in [-0.15, -0.1) is 0 Å². The molecule has 0 saturated carbocycles. The Morgan fingerprint density at radius 2 is 1.88 bits per heavy atom. The van der Waals surface area contributed by atoms with Gasteiger partial charge in [0, 0.05) is 0 Å². The fraction of sp³-hybridized carbons (Fsp3) is 0.909. The van der Waals surface area contributed by atoms with Gasteiger partial charge in [0.1, 0.15) is 0 Å². The molecule has 0 unspecified atom stereocenters. The molecule has 0 N–H and O–H groups in total. The molecule has 0 heterocycles. The van der Waals surface area contributed by atoms with E-state index in [-0.39, 0.29) is 0 Å². The third-order valence-corrected chi connectivity index (χ3v) is 5.82. The van der Waals surface area contributed by atoms with Crippen molar-refractivity contribution in [2.24, 2.45) is 5.92 Å². The van der Waals surface area contributed by atoms with E-state index in [1.807, 2.05) is 6.92 Å². The van der Waals surface area contributed by atoms with Crippen LogP contribution in [0.3, 0.4) is 0 Å². The van der Waals surface area contributed by atoms with Gasteiger partial charge in [0.05, 0.1) is 0 Å². The Labute approximate surface area is 105 Å². The molecular weight excluding hydrogens is 315 g/mol. The van der Waals surface area contributed by atoms with E-state index in [0.29, 0.717) is 17.0 Å². The summed E-state index contributed by atoms with van der Waals surface area (Å²) in [6.07, 6.45) is 3.04. The molecule has 0 saturated heterocycles. The van der Waals surface area contributed by atoms with Crippen LogP contribution in [0.25, 0.3) is 0 Å². The topological polar surface area (TPSA) is 52.6 Å². The molecule has 0 atom stereocenters. The molecule has 0 aromatic carbocycles. The number of hydrogen-bond acceptors (Lipinski definition) is 4. The summed E-state index contributed by atoms with van der Waals surface area (Å²) in [5.74, 6) is 0.377. The fourth-order valence-corrected chi connectivity index (χ4v) is 4.03. The Morgan fingerprint density at radius 3 is 2.38 bits per heavy atom. The molecule has 0 aromatic heterocycles. The second-order valence-corrected chi connectivity index (χ2v) is 7.95. The van der Waals surface area contributed by atoms with Gasteiger partial charge in [0.2, 0.25) is 0 Å². The number of unbranched alkanes of at least 4 members (excludes halogenated alkanes) is 1. The molecule has 0 aliphatic carbocycles. The molecule has 94 valence electrons. The number of ether oxygens (including phenoxy) is 1. The van der Waals surface area contributed by atoms with Crippen LogP contribution in [-0.4, -0.2) is 32.9 Å². The number of carbonyl (C=O) groups excluding carboxylic acids is 1. The third kappa shape index (κ3) is 8.07. The molecule has 0 rings (SSSR count). The first-order valence-electron chi connectivity index (χ1n) is 6.01. The van der Waals surface area contributed by atoms with Gasteiger partial charge in [-0.3, -0.25) is 0 Å². The van der Waals surface area contributed by atoms with Crippen molar-refractivity contribution in [3.8, 4) is 0 Å². The average Bonchev–Trinajstić information content (AvgIpc) is 2.27. The summed E-state index contributed by atoms with van der Waals surface area (Å²) in [6.45, 7) is 6.50. The number of carbonyl (C=O) groups is 1. The molecule has 0 radical (unpaired) electrons. The van der Waals surface area contributed by atoms with Crippen molar-refractivity contribution >= 4 is 26.3 Å². The second kappa shape index (κ2) is 10.1. The number of rotatable bonds is 8. The van der Waals surface area contributed by atoms with Gasteiger partial charge in [0.15, 0.2) is 0 Å². The van der Waals surface area contributed by atoms with Gasteiger partial charge < -0.3 is 0 Å². The maximum atomic E-state index is 11.4. The van der Waals surface area contributed by atoms with E-state index >= 15 is 0 Å². The van der Waals surface area contributed by atoms with Crippen molar-refractivity contribution in [1.29, 1.82) is 0 Å². The van der Waals surface area contributed by atoms with Crippen LogP contribution in [0, 0.1) is 5.92 Å². The van der Waals surface area contributed by atoms with Gasteiger partial charge in [0.25, 0.3) is 0 Å². The summed E-state index contributed by atoms with van der Waals surface area (Å²) in [5, 5.41) is 0. The zero-order chi connectivity index (χ0) is 12.4. The first-order valence-corrected chi connectivity index (χ1v) is 10.4. The summed E-state index contributed by atoms with van der Waals surface area (Å²) < 4.78 is 21.6. The molecule has 0 fully saturated rings. The van der Waals surface area contributed by atoms with Crippen molar-refractivity contribution in [2.45, 2.75) is 50.9 Å². The fourth-order valence-electron chi connectivity index (χ4n) is 1.20. The Balaban J connectivity index is 3.69. The summed E-state index contributed by atoms with van der Waals surface area (Å²) >= 11 is -3.12. The van der Waals surface area contributed by atoms with Gasteiger partial charge in [-0.1, -0.05) is 0 Å². The van der Waals surface area contributed by atoms with E-state index in [1.54, 1.807) is 0 Å². The Bertz CT molecular complexity index is 214. The normalized spacial score (nSPS) is 10.2. The molecule has 0 spiro atoms. The molecule has 4 nitrogen and oxygen atoms in total. The molecule has 0 aliphatic rings. The maximum absolute atomic E-state index is 11.4. The minimum atomic E-state index is -3.12. The first kappa shape index (κ1) is 15.9. The molecule has 16 heavy (non-hydrogen) atoms. The molecule has 0 bridgehead atoms. The second-order valence-electron chi connectivity index (χ2n) is 3.82. The SMILES string of the molecule is CCC[CH2][Sn](=[O])[O]C(=O)OCC(CC)CC. The molecule has 5 heteroatoms. The molecule has 0 aliphatic heterocycles. The van der Waals surface area contributed by atoms with Gasteiger partial charge in [-0.2, -0.15) is 0 Å². The van der Waals surface area contributed by atoms with Gasteiger partial charge in [-0.25, -0.2) is 0 Å². The third-order valence-electron chi connectivity index (χ3n) is 2.52. The van der Waals surface area contributed by atoms with Crippen molar-refractivity contribution < 1.29 is 15.7 Å². The number of hydrogen-bond donors (Lipinski definition) is 0. The predicted octanol–water partition coefficient (Wildman–Crippen LogP) is 3.29. The van der Waals surface area contributed by atoms with E-state index in [1.165, 1.54) is 0 Å². The summed E-state index contributed by atoms with van der Waals surface area (Å²) in [4.78, 5) is 11.2. The van der Waals surface area contributed by atoms with Crippen LogP contribution in [0.5, 0.6) is 0 Å². The Kier molecular flexibility index (Phi) is 9.97. The minimum absolute atomic E-state index is 0.371. The van der Waals surface area contributed by atoms with E-state index in [0.717, 1.165) is 25.7 Å². The van der Waals surface area contributed by atoms with Crippen LogP contribution < -0.4 is 0 Å². The van der Waals surface area contributed by atoms with Gasteiger partial charge in [-0.05, 0) is 0 Å². The van der Waals surface area contributed by atoms with Crippen LogP contribution in [-0.2, 0) is 10.9 Å².